The second-order valence-electron chi connectivity index (χ2n) is 7.16. The molecule has 28 heavy (non-hydrogen) atoms. The molecule has 0 amide bonds. The lowest BCUT2D eigenvalue weighted by molar-refractivity contribution is -0.566. The summed E-state index contributed by atoms with van der Waals surface area (Å²) in [5, 5.41) is 16.3. The van der Waals surface area contributed by atoms with E-state index in [4.69, 9.17) is 0 Å². The molecule has 3 rings (SSSR count). The monoisotopic (exact) mass is 394 g/mol. The fourth-order valence-corrected chi connectivity index (χ4v) is 5.76. The van der Waals surface area contributed by atoms with Crippen molar-refractivity contribution in [2.75, 3.05) is 0 Å². The lowest BCUT2D eigenvalue weighted by Crippen LogP contribution is -2.46. The van der Waals surface area contributed by atoms with Crippen LogP contribution in [-0.4, -0.2) is 10.5 Å². The van der Waals surface area contributed by atoms with E-state index in [-0.39, 0.29) is 4.92 Å². The van der Waals surface area contributed by atoms with E-state index < -0.39 is 18.9 Å². The highest BCUT2D eigenvalue weighted by Gasteiger charge is 2.45. The number of hydrogen-bond acceptors (Lipinski definition) is 3. The van der Waals surface area contributed by atoms with Crippen molar-refractivity contribution in [3.8, 4) is 0 Å². The van der Waals surface area contributed by atoms with E-state index in [2.05, 4.69) is 5.09 Å². The molecule has 0 heterocycles. The third-order valence-electron chi connectivity index (χ3n) is 4.86. The van der Waals surface area contributed by atoms with E-state index in [0.29, 0.717) is 10.6 Å². The maximum absolute atomic E-state index is 14.3. The summed E-state index contributed by atoms with van der Waals surface area (Å²) < 4.78 is 14.3. The maximum atomic E-state index is 14.3. The van der Waals surface area contributed by atoms with Crippen molar-refractivity contribution < 1.29 is 9.49 Å². The third-order valence-corrected chi connectivity index (χ3v) is 7.53. The summed E-state index contributed by atoms with van der Waals surface area (Å²) in [6.07, 6.45) is 0. The van der Waals surface area contributed by atoms with Crippen molar-refractivity contribution in [3.05, 3.63) is 107 Å². The van der Waals surface area contributed by atoms with Gasteiger partial charge >= 0.3 is 0 Å². The van der Waals surface area contributed by atoms with Crippen molar-refractivity contribution in [2.45, 2.75) is 25.4 Å². The zero-order chi connectivity index (χ0) is 20.2. The second kappa shape index (κ2) is 8.09. The van der Waals surface area contributed by atoms with Gasteiger partial charge in [-0.25, -0.2) is 5.09 Å². The minimum absolute atomic E-state index is 0.321. The first-order valence-electron chi connectivity index (χ1n) is 9.04. The Morgan fingerprint density at radius 1 is 0.821 bits per heavy atom. The largest absolute Gasteiger partial charge is 0.296 e. The topological polar surface area (TPSA) is 72.2 Å². The van der Waals surface area contributed by atoms with Gasteiger partial charge in [-0.05, 0) is 29.8 Å². The first-order chi connectivity index (χ1) is 13.4. The lowest BCUT2D eigenvalue weighted by atomic mass is 9.90. The molecule has 0 saturated carbocycles. The smallest absolute Gasteiger partial charge is 0.236 e. The zero-order valence-corrected chi connectivity index (χ0v) is 16.8. The highest BCUT2D eigenvalue weighted by atomic mass is 31.2. The fraction of sp³-hybridized carbons (Fsp3) is 0.182. The molecule has 0 saturated heterocycles. The average molecular weight is 394 g/mol. The highest BCUT2D eigenvalue weighted by Crippen LogP contribution is 2.44. The molecule has 6 heteroatoms. The summed E-state index contributed by atoms with van der Waals surface area (Å²) in [6.45, 7) is 3.11. The van der Waals surface area contributed by atoms with Crippen LogP contribution in [0.4, 0.5) is 0 Å². The molecule has 0 fully saturated rings. The standard InChI is InChI=1S/C22H23N2O3P/c1-22(2,24(25)26)21(18-12-6-3-7-13-18)23-28(27,19-14-8-4-9-15-19)20-16-10-5-11-17-20/h3-17,21H,1-2H3,(H,23,27). The molecule has 5 nitrogen and oxygen atoms in total. The summed E-state index contributed by atoms with van der Waals surface area (Å²) in [5.41, 5.74) is -0.656. The van der Waals surface area contributed by atoms with Gasteiger partial charge in [-0.1, -0.05) is 66.7 Å². The van der Waals surface area contributed by atoms with Crippen LogP contribution in [0.1, 0.15) is 25.5 Å². The Labute approximate surface area is 165 Å². The molecule has 3 aromatic rings. The van der Waals surface area contributed by atoms with Crippen LogP contribution in [0, 0.1) is 10.1 Å². The quantitative estimate of drug-likeness (QED) is 0.368. The molecule has 0 aliphatic carbocycles. The van der Waals surface area contributed by atoms with Crippen LogP contribution in [0.15, 0.2) is 91.0 Å². The van der Waals surface area contributed by atoms with Gasteiger partial charge in [0.15, 0.2) is 0 Å². The molecule has 1 unspecified atom stereocenters. The van der Waals surface area contributed by atoms with E-state index in [1.807, 2.05) is 66.7 Å². The maximum Gasteiger partial charge on any atom is 0.236 e. The Hall–Kier alpha value is -2.75. The molecule has 1 N–H and O–H groups in total. The van der Waals surface area contributed by atoms with Gasteiger partial charge in [0.25, 0.3) is 0 Å². The predicted molar refractivity (Wildman–Crippen MR) is 113 cm³/mol. The van der Waals surface area contributed by atoms with Crippen LogP contribution in [0.3, 0.4) is 0 Å². The highest BCUT2D eigenvalue weighted by molar-refractivity contribution is 7.76. The van der Waals surface area contributed by atoms with Gasteiger partial charge < -0.3 is 0 Å². The van der Waals surface area contributed by atoms with Gasteiger partial charge in [0.05, 0.1) is 0 Å². The molecule has 0 aliphatic heterocycles. The molecule has 3 aromatic carbocycles. The zero-order valence-electron chi connectivity index (χ0n) is 15.9. The van der Waals surface area contributed by atoms with Crippen LogP contribution >= 0.6 is 7.29 Å². The number of benzene rings is 3. The van der Waals surface area contributed by atoms with Gasteiger partial charge in [-0.15, -0.1) is 0 Å². The number of hydrogen-bond donors (Lipinski definition) is 1. The van der Waals surface area contributed by atoms with Crippen molar-refractivity contribution in [1.29, 1.82) is 0 Å². The number of nitro groups is 1. The fourth-order valence-electron chi connectivity index (χ4n) is 3.15. The Morgan fingerprint density at radius 2 is 1.21 bits per heavy atom. The van der Waals surface area contributed by atoms with Crippen molar-refractivity contribution >= 4 is 17.9 Å². The first kappa shape index (κ1) is 20.0. The Balaban J connectivity index is 2.17. The van der Waals surface area contributed by atoms with Crippen molar-refractivity contribution in [2.24, 2.45) is 0 Å². The first-order valence-corrected chi connectivity index (χ1v) is 10.7. The molecular weight excluding hydrogens is 371 g/mol. The normalized spacial score (nSPS) is 13.1. The van der Waals surface area contributed by atoms with Crippen LogP contribution in [0.25, 0.3) is 0 Å². The third kappa shape index (κ3) is 3.91. The van der Waals surface area contributed by atoms with E-state index in [1.165, 1.54) is 0 Å². The molecule has 0 aliphatic rings. The summed E-state index contributed by atoms with van der Waals surface area (Å²) >= 11 is 0. The Kier molecular flexibility index (Phi) is 5.78. The molecule has 144 valence electrons. The van der Waals surface area contributed by atoms with Crippen molar-refractivity contribution in [3.63, 3.8) is 0 Å². The lowest BCUT2D eigenvalue weighted by Gasteiger charge is -2.32. The summed E-state index contributed by atoms with van der Waals surface area (Å²) in [4.78, 5) is 11.5. The minimum atomic E-state index is -3.34. The van der Waals surface area contributed by atoms with Crippen molar-refractivity contribution in [1.82, 2.24) is 5.09 Å². The molecule has 0 bridgehead atoms. The molecule has 0 spiro atoms. The predicted octanol–water partition coefficient (Wildman–Crippen LogP) is 4.30. The van der Waals surface area contributed by atoms with Gasteiger partial charge in [0, 0.05) is 29.4 Å². The van der Waals surface area contributed by atoms with Gasteiger partial charge in [-0.2, -0.15) is 0 Å². The van der Waals surface area contributed by atoms with E-state index >= 15 is 0 Å². The summed E-state index contributed by atoms with van der Waals surface area (Å²) in [5.74, 6) is 0. The van der Waals surface area contributed by atoms with Gasteiger partial charge in [0.2, 0.25) is 12.8 Å². The van der Waals surface area contributed by atoms with E-state index in [0.717, 1.165) is 5.56 Å². The van der Waals surface area contributed by atoms with E-state index in [1.54, 1.807) is 38.1 Å². The Bertz CT molecular complexity index is 933. The molecular formula is C22H23N2O3P. The molecule has 0 aromatic heterocycles. The van der Waals surface area contributed by atoms with Crippen LogP contribution in [-0.2, 0) is 4.57 Å². The van der Waals surface area contributed by atoms with Gasteiger partial charge in [-0.3, -0.25) is 14.7 Å². The number of nitrogens with one attached hydrogen (secondary N) is 1. The molecule has 1 atom stereocenters. The Morgan fingerprint density at radius 3 is 1.61 bits per heavy atom. The van der Waals surface area contributed by atoms with Crippen LogP contribution < -0.4 is 15.7 Å². The summed E-state index contributed by atoms with van der Waals surface area (Å²) in [7, 11) is -3.34. The average Bonchev–Trinajstić information content (AvgIpc) is 2.73. The van der Waals surface area contributed by atoms with Crippen LogP contribution in [0.5, 0.6) is 0 Å². The van der Waals surface area contributed by atoms with E-state index in [9.17, 15) is 14.7 Å². The van der Waals surface area contributed by atoms with Gasteiger partial charge in [0.1, 0.15) is 6.04 Å². The molecule has 0 radical (unpaired) electrons. The summed E-state index contributed by atoms with van der Waals surface area (Å²) in [6, 6.07) is 26.6. The second-order valence-corrected chi connectivity index (χ2v) is 9.67. The number of rotatable bonds is 7. The van der Waals surface area contributed by atoms with Crippen LogP contribution in [0.2, 0.25) is 0 Å². The minimum Gasteiger partial charge on any atom is -0.296 e. The number of nitrogens with zero attached hydrogens (tertiary/aromatic N) is 1. The SMILES string of the molecule is CC(C)(C(NP(=O)(c1ccccc1)c1ccccc1)c1ccccc1)[N+](=O)[O-].